The monoisotopic (exact) mass is 860 g/mol. The van der Waals surface area contributed by atoms with Gasteiger partial charge < -0.3 is 4.90 Å². The molecule has 3 heteroatoms. The third kappa shape index (κ3) is 7.10. The molecule has 0 spiro atoms. The zero-order valence-corrected chi connectivity index (χ0v) is 42.1. The molecular formula is C61H70BNS. The minimum absolute atomic E-state index is 0.0323. The Labute approximate surface area is 390 Å². The molecule has 2 aliphatic carbocycles. The van der Waals surface area contributed by atoms with Crippen molar-refractivity contribution in [3.8, 4) is 0 Å². The first kappa shape index (κ1) is 43.3. The van der Waals surface area contributed by atoms with E-state index < -0.39 is 0 Å². The molecular weight excluding hydrogens is 790 g/mol. The lowest BCUT2D eigenvalue weighted by atomic mass is 9.33. The van der Waals surface area contributed by atoms with Crippen LogP contribution in [0, 0.1) is 18.3 Å². The van der Waals surface area contributed by atoms with E-state index in [0.717, 1.165) is 12.8 Å². The van der Waals surface area contributed by atoms with E-state index in [1.807, 2.05) is 0 Å². The number of thiophene rings is 1. The molecule has 4 aliphatic rings. The maximum Gasteiger partial charge on any atom is 0.249 e. The fourth-order valence-electron chi connectivity index (χ4n) is 11.8. The maximum atomic E-state index is 2.76. The lowest BCUT2D eigenvalue weighted by Gasteiger charge is -2.46. The van der Waals surface area contributed by atoms with E-state index in [4.69, 9.17) is 0 Å². The Bertz CT molecular complexity index is 2900. The Morgan fingerprint density at radius 2 is 1.31 bits per heavy atom. The molecule has 1 aromatic heterocycles. The number of allylic oxidation sites excluding steroid dienone is 3. The first-order valence-corrected chi connectivity index (χ1v) is 25.1. The second-order valence-corrected chi connectivity index (χ2v) is 25.6. The Kier molecular flexibility index (Phi) is 9.95. The van der Waals surface area contributed by atoms with Gasteiger partial charge in [0.05, 0.1) is 0 Å². The largest absolute Gasteiger partial charge is 0.311 e. The van der Waals surface area contributed by atoms with Crippen LogP contribution in [0.3, 0.4) is 0 Å². The van der Waals surface area contributed by atoms with Gasteiger partial charge in [0, 0.05) is 38.1 Å². The summed E-state index contributed by atoms with van der Waals surface area (Å²) in [6, 6.07) is 39.0. The highest BCUT2D eigenvalue weighted by molar-refractivity contribution is 7.22. The number of hydrogen-bond donors (Lipinski definition) is 0. The number of nitrogens with zero attached hydrogens (tertiary/aromatic N) is 1. The molecule has 2 aliphatic heterocycles. The van der Waals surface area contributed by atoms with Gasteiger partial charge in [0.1, 0.15) is 0 Å². The van der Waals surface area contributed by atoms with Crippen LogP contribution in [-0.2, 0) is 28.1 Å². The summed E-state index contributed by atoms with van der Waals surface area (Å²) >= 11 is 2.07. The standard InChI is InChI=1S/C61H70BNS/c1-37-30-40-32-45(39-20-22-41(23-21-39)57(2,3)4)56-55(46-34-43(59(8,9)10)25-27-53(46)64-56)62-49-35-47-48(61(13,14)29-28-60(47,11)12)36-51(49)63(52(31-37)54(40)62)50-26-24-42(58(5,6)7)33-44(50)38-18-16-15-17-19-38/h15-23,25-27,30-31,33-36,42,45H,24,28-29,32H2,1-14H3. The quantitative estimate of drug-likeness (QED) is 0.160. The van der Waals surface area contributed by atoms with Gasteiger partial charge in [0.2, 0.25) is 6.71 Å². The Morgan fingerprint density at radius 3 is 1.95 bits per heavy atom. The molecule has 1 nitrogen and oxygen atoms in total. The zero-order chi connectivity index (χ0) is 45.5. The fourth-order valence-corrected chi connectivity index (χ4v) is 13.1. The second-order valence-electron chi connectivity index (χ2n) is 24.6. The molecule has 6 aromatic rings. The molecule has 328 valence electrons. The number of rotatable bonds is 3. The Morgan fingerprint density at radius 1 is 0.672 bits per heavy atom. The first-order chi connectivity index (χ1) is 30.0. The van der Waals surface area contributed by atoms with Gasteiger partial charge >= 0.3 is 0 Å². The minimum atomic E-state index is 0.0323. The van der Waals surface area contributed by atoms with Gasteiger partial charge in [0.25, 0.3) is 0 Å². The van der Waals surface area contributed by atoms with Crippen molar-refractivity contribution in [2.45, 2.75) is 150 Å². The van der Waals surface area contributed by atoms with Gasteiger partial charge in [-0.05, 0) is 150 Å². The van der Waals surface area contributed by atoms with Crippen molar-refractivity contribution in [2.24, 2.45) is 11.3 Å². The number of benzene rings is 5. The summed E-state index contributed by atoms with van der Waals surface area (Å²) in [5, 5.41) is 1.44. The van der Waals surface area contributed by atoms with Gasteiger partial charge in [0.15, 0.2) is 0 Å². The lowest BCUT2D eigenvalue weighted by molar-refractivity contribution is 0.294. The van der Waals surface area contributed by atoms with Crippen molar-refractivity contribution in [3.05, 3.63) is 164 Å². The van der Waals surface area contributed by atoms with Gasteiger partial charge in [-0.3, -0.25) is 0 Å². The highest BCUT2D eigenvalue weighted by Crippen LogP contribution is 2.51. The highest BCUT2D eigenvalue weighted by atomic mass is 32.1. The summed E-state index contributed by atoms with van der Waals surface area (Å²) < 4.78 is 1.41. The van der Waals surface area contributed by atoms with Gasteiger partial charge in [-0.1, -0.05) is 181 Å². The van der Waals surface area contributed by atoms with Crippen molar-refractivity contribution >= 4 is 61.5 Å². The molecule has 2 unspecified atom stereocenters. The van der Waals surface area contributed by atoms with Crippen molar-refractivity contribution in [3.63, 3.8) is 0 Å². The average molecular weight is 860 g/mol. The molecule has 5 aromatic carbocycles. The summed E-state index contributed by atoms with van der Waals surface area (Å²) in [7, 11) is 0. The number of anilines is 2. The zero-order valence-electron chi connectivity index (χ0n) is 41.3. The minimum Gasteiger partial charge on any atom is -0.311 e. The van der Waals surface area contributed by atoms with Crippen molar-refractivity contribution in [2.75, 3.05) is 4.90 Å². The van der Waals surface area contributed by atoms with Crippen LogP contribution < -0.4 is 21.3 Å². The summed E-state index contributed by atoms with van der Waals surface area (Å²) in [4.78, 5) is 4.31. The van der Waals surface area contributed by atoms with Crippen LogP contribution in [0.5, 0.6) is 0 Å². The SMILES string of the molecule is Cc1cc2c3c(c1)N(C1=CCC(C(C)(C)C)C=C1c1ccccc1)c1cc4c(cc1B3c1c(sc3ccc(C(C)(C)C)cc13)C(c1ccc(C(C)(C)C)cc1)C2)C(C)(C)CCC4(C)C. The van der Waals surface area contributed by atoms with Crippen molar-refractivity contribution in [1.29, 1.82) is 0 Å². The molecule has 0 radical (unpaired) electrons. The average Bonchev–Trinajstić information content (AvgIpc) is 3.54. The number of aryl methyl sites for hydroxylation is 1. The van der Waals surface area contributed by atoms with Crippen LogP contribution in [0.25, 0.3) is 15.7 Å². The Hall–Kier alpha value is -4.60. The van der Waals surface area contributed by atoms with E-state index in [1.165, 1.54) is 101 Å². The van der Waals surface area contributed by atoms with E-state index in [1.54, 1.807) is 10.4 Å². The summed E-state index contributed by atoms with van der Waals surface area (Å²) in [5.41, 5.74) is 21.8. The third-order valence-electron chi connectivity index (χ3n) is 15.9. The van der Waals surface area contributed by atoms with Crippen LogP contribution in [0.1, 0.15) is 165 Å². The molecule has 0 N–H and O–H groups in total. The maximum absolute atomic E-state index is 2.76. The van der Waals surface area contributed by atoms with E-state index >= 15 is 0 Å². The molecule has 0 bridgehead atoms. The van der Waals surface area contributed by atoms with E-state index in [0.29, 0.717) is 5.92 Å². The van der Waals surface area contributed by atoms with Crippen molar-refractivity contribution in [1.82, 2.24) is 0 Å². The van der Waals surface area contributed by atoms with E-state index in [-0.39, 0.29) is 39.7 Å². The smallest absolute Gasteiger partial charge is 0.249 e. The predicted octanol–water partition coefficient (Wildman–Crippen LogP) is 14.8. The van der Waals surface area contributed by atoms with Gasteiger partial charge in [-0.25, -0.2) is 0 Å². The van der Waals surface area contributed by atoms with E-state index in [9.17, 15) is 0 Å². The molecule has 0 amide bonds. The number of hydrogen-bond acceptors (Lipinski definition) is 2. The molecule has 10 rings (SSSR count). The molecule has 0 saturated heterocycles. The fraction of sp³-hybridized carbons (Fsp3) is 0.410. The van der Waals surface area contributed by atoms with Gasteiger partial charge in [-0.15, -0.1) is 11.3 Å². The summed E-state index contributed by atoms with van der Waals surface area (Å²) in [6.45, 7) is 33.8. The molecule has 0 saturated carbocycles. The summed E-state index contributed by atoms with van der Waals surface area (Å²) in [6.07, 6.45) is 9.61. The third-order valence-corrected chi connectivity index (χ3v) is 17.2. The predicted molar refractivity (Wildman–Crippen MR) is 281 cm³/mol. The topological polar surface area (TPSA) is 3.24 Å². The number of fused-ring (bicyclic) bond motifs is 7. The van der Waals surface area contributed by atoms with Gasteiger partial charge in [-0.2, -0.15) is 0 Å². The van der Waals surface area contributed by atoms with Crippen LogP contribution in [0.15, 0.2) is 115 Å². The Balaban J connectivity index is 1.33. The second kappa shape index (κ2) is 14.7. The molecule has 2 atom stereocenters. The highest BCUT2D eigenvalue weighted by Gasteiger charge is 2.47. The lowest BCUT2D eigenvalue weighted by Crippen LogP contribution is -2.59. The normalized spacial score (nSPS) is 20.2. The van der Waals surface area contributed by atoms with E-state index in [2.05, 4.69) is 222 Å². The first-order valence-electron chi connectivity index (χ1n) is 24.3. The van der Waals surface area contributed by atoms with Crippen molar-refractivity contribution < 1.29 is 0 Å². The molecule has 64 heavy (non-hydrogen) atoms. The van der Waals surface area contributed by atoms with Crippen LogP contribution in [-0.4, -0.2) is 6.71 Å². The van der Waals surface area contributed by atoms with Crippen LogP contribution in [0.2, 0.25) is 0 Å². The van der Waals surface area contributed by atoms with Crippen LogP contribution >= 0.6 is 11.3 Å². The molecule has 3 heterocycles. The molecule has 0 fully saturated rings. The summed E-state index contributed by atoms with van der Waals surface area (Å²) in [5.74, 6) is 0.672. The van der Waals surface area contributed by atoms with Crippen LogP contribution in [0.4, 0.5) is 11.4 Å².